The molecule has 0 amide bonds. The number of rotatable bonds is 2. The molecule has 5 heteroatoms. The number of anilines is 1. The van der Waals surface area contributed by atoms with E-state index in [-0.39, 0.29) is 0 Å². The molecule has 1 aliphatic carbocycles. The zero-order valence-electron chi connectivity index (χ0n) is 10.3. The zero-order valence-corrected chi connectivity index (χ0v) is 10.3. The van der Waals surface area contributed by atoms with Gasteiger partial charge in [-0.3, -0.25) is 0 Å². The summed E-state index contributed by atoms with van der Waals surface area (Å²) < 4.78 is 37.1. The first kappa shape index (κ1) is 13.2. The summed E-state index contributed by atoms with van der Waals surface area (Å²) in [5, 5.41) is 3.28. The van der Waals surface area contributed by atoms with E-state index in [9.17, 15) is 13.2 Å². The van der Waals surface area contributed by atoms with Crippen LogP contribution >= 0.6 is 0 Å². The Morgan fingerprint density at radius 2 is 1.94 bits per heavy atom. The van der Waals surface area contributed by atoms with Crippen LogP contribution in [0.1, 0.15) is 38.3 Å². The summed E-state index contributed by atoms with van der Waals surface area (Å²) >= 11 is 0. The molecule has 0 spiro atoms. The number of hydrogen-bond donors (Lipinski definition) is 1. The van der Waals surface area contributed by atoms with Crippen molar-refractivity contribution in [1.29, 1.82) is 0 Å². The van der Waals surface area contributed by atoms with Gasteiger partial charge in [-0.25, -0.2) is 4.98 Å². The molecule has 18 heavy (non-hydrogen) atoms. The summed E-state index contributed by atoms with van der Waals surface area (Å²) in [6.45, 7) is 2.17. The Labute approximate surface area is 105 Å². The molecule has 1 heterocycles. The van der Waals surface area contributed by atoms with E-state index in [1.54, 1.807) is 0 Å². The molecular formula is C13H17F3N2. The van der Waals surface area contributed by atoms with Gasteiger partial charge in [-0.2, -0.15) is 13.2 Å². The fraction of sp³-hybridized carbons (Fsp3) is 0.615. The lowest BCUT2D eigenvalue weighted by Crippen LogP contribution is -2.30. The van der Waals surface area contributed by atoms with Crippen molar-refractivity contribution in [2.24, 2.45) is 5.92 Å². The van der Waals surface area contributed by atoms with Crippen molar-refractivity contribution >= 4 is 5.69 Å². The lowest BCUT2D eigenvalue weighted by atomic mass is 9.86. The average molecular weight is 258 g/mol. The standard InChI is InChI=1S/C13H17F3N2/c1-9-4-2-3-5-11(9)18-10-6-7-12(17-8-10)13(14,15)16/h6-9,11,18H,2-5H2,1H3. The van der Waals surface area contributed by atoms with Gasteiger partial charge in [-0.15, -0.1) is 0 Å². The second-order valence-electron chi connectivity index (χ2n) is 4.94. The molecular weight excluding hydrogens is 241 g/mol. The van der Waals surface area contributed by atoms with E-state index in [4.69, 9.17) is 0 Å². The molecule has 0 aromatic carbocycles. The Hall–Kier alpha value is -1.26. The van der Waals surface area contributed by atoms with Crippen molar-refractivity contribution in [2.75, 3.05) is 5.32 Å². The molecule has 2 nitrogen and oxygen atoms in total. The van der Waals surface area contributed by atoms with Crippen molar-refractivity contribution in [3.8, 4) is 0 Å². The molecule has 1 N–H and O–H groups in total. The highest BCUT2D eigenvalue weighted by molar-refractivity contribution is 5.42. The Morgan fingerprint density at radius 1 is 1.22 bits per heavy atom. The second kappa shape index (κ2) is 5.16. The quantitative estimate of drug-likeness (QED) is 0.864. The zero-order chi connectivity index (χ0) is 13.2. The van der Waals surface area contributed by atoms with E-state index < -0.39 is 11.9 Å². The van der Waals surface area contributed by atoms with Gasteiger partial charge < -0.3 is 5.32 Å². The van der Waals surface area contributed by atoms with Crippen molar-refractivity contribution in [3.05, 3.63) is 24.0 Å². The van der Waals surface area contributed by atoms with Gasteiger partial charge in [-0.05, 0) is 30.9 Å². The van der Waals surface area contributed by atoms with Crippen LogP contribution < -0.4 is 5.32 Å². The second-order valence-corrected chi connectivity index (χ2v) is 4.94. The third-order valence-electron chi connectivity index (χ3n) is 3.52. The maximum atomic E-state index is 12.4. The van der Waals surface area contributed by atoms with Crippen LogP contribution in [0.2, 0.25) is 0 Å². The molecule has 1 saturated carbocycles. The molecule has 2 unspecified atom stereocenters. The summed E-state index contributed by atoms with van der Waals surface area (Å²) in [5.74, 6) is 0.557. The van der Waals surface area contributed by atoms with Crippen molar-refractivity contribution in [1.82, 2.24) is 4.98 Å². The Balaban J connectivity index is 2.02. The predicted molar refractivity (Wildman–Crippen MR) is 64.3 cm³/mol. The number of aromatic nitrogens is 1. The van der Waals surface area contributed by atoms with Crippen molar-refractivity contribution in [3.63, 3.8) is 0 Å². The van der Waals surface area contributed by atoms with Gasteiger partial charge in [0.2, 0.25) is 0 Å². The fourth-order valence-electron chi connectivity index (χ4n) is 2.39. The first-order valence-electron chi connectivity index (χ1n) is 6.26. The van der Waals surface area contributed by atoms with Gasteiger partial charge in [0.05, 0.1) is 11.9 Å². The largest absolute Gasteiger partial charge is 0.433 e. The molecule has 0 aliphatic heterocycles. The highest BCUT2D eigenvalue weighted by Crippen LogP contribution is 2.29. The fourth-order valence-corrected chi connectivity index (χ4v) is 2.39. The van der Waals surface area contributed by atoms with Gasteiger partial charge in [0.15, 0.2) is 0 Å². The van der Waals surface area contributed by atoms with E-state index in [1.807, 2.05) is 0 Å². The molecule has 1 aromatic heterocycles. The number of nitrogens with zero attached hydrogens (tertiary/aromatic N) is 1. The Morgan fingerprint density at radius 3 is 2.50 bits per heavy atom. The molecule has 0 radical (unpaired) electrons. The first-order valence-corrected chi connectivity index (χ1v) is 6.26. The summed E-state index contributed by atoms with van der Waals surface area (Å²) in [6.07, 6.45) is 1.56. The van der Waals surface area contributed by atoms with Crippen molar-refractivity contribution in [2.45, 2.75) is 44.8 Å². The average Bonchev–Trinajstić information content (AvgIpc) is 2.32. The van der Waals surface area contributed by atoms with Crippen LogP contribution in [-0.2, 0) is 6.18 Å². The summed E-state index contributed by atoms with van der Waals surface area (Å²) in [4.78, 5) is 3.45. The normalized spacial score (nSPS) is 24.9. The van der Waals surface area contributed by atoms with Gasteiger partial charge in [0.1, 0.15) is 5.69 Å². The SMILES string of the molecule is CC1CCCCC1Nc1ccc(C(F)(F)F)nc1. The minimum atomic E-state index is -4.36. The smallest absolute Gasteiger partial charge is 0.381 e. The maximum absolute atomic E-state index is 12.4. The van der Waals surface area contributed by atoms with Crippen LogP contribution in [0.3, 0.4) is 0 Å². The van der Waals surface area contributed by atoms with Crippen LogP contribution in [-0.4, -0.2) is 11.0 Å². The summed E-state index contributed by atoms with van der Waals surface area (Å²) in [7, 11) is 0. The topological polar surface area (TPSA) is 24.9 Å². The third kappa shape index (κ3) is 3.15. The van der Waals surface area contributed by atoms with Crippen LogP contribution in [0.5, 0.6) is 0 Å². The first-order chi connectivity index (χ1) is 8.47. The van der Waals surface area contributed by atoms with Crippen LogP contribution in [0, 0.1) is 5.92 Å². The highest BCUT2D eigenvalue weighted by Gasteiger charge is 2.32. The molecule has 0 bridgehead atoms. The van der Waals surface area contributed by atoms with E-state index in [0.29, 0.717) is 17.6 Å². The van der Waals surface area contributed by atoms with E-state index in [2.05, 4.69) is 17.2 Å². The molecule has 1 aliphatic rings. The molecule has 2 rings (SSSR count). The molecule has 1 fully saturated rings. The highest BCUT2D eigenvalue weighted by atomic mass is 19.4. The number of alkyl halides is 3. The maximum Gasteiger partial charge on any atom is 0.433 e. The molecule has 2 atom stereocenters. The van der Waals surface area contributed by atoms with Gasteiger partial charge >= 0.3 is 6.18 Å². The summed E-state index contributed by atoms with van der Waals surface area (Å²) in [5.41, 5.74) is -0.175. The molecule has 100 valence electrons. The Kier molecular flexibility index (Phi) is 3.78. The lowest BCUT2D eigenvalue weighted by Gasteiger charge is -2.30. The summed E-state index contributed by atoms with van der Waals surface area (Å²) in [6, 6.07) is 2.82. The predicted octanol–water partition coefficient (Wildman–Crippen LogP) is 4.09. The van der Waals surface area contributed by atoms with E-state index in [0.717, 1.165) is 12.5 Å². The number of hydrogen-bond acceptors (Lipinski definition) is 2. The molecule has 1 aromatic rings. The monoisotopic (exact) mass is 258 g/mol. The molecule has 0 saturated heterocycles. The van der Waals surface area contributed by atoms with Gasteiger partial charge in [-0.1, -0.05) is 19.8 Å². The Bertz CT molecular complexity index is 386. The third-order valence-corrected chi connectivity index (χ3v) is 3.52. The minimum Gasteiger partial charge on any atom is -0.381 e. The van der Waals surface area contributed by atoms with Crippen LogP contribution in [0.15, 0.2) is 18.3 Å². The lowest BCUT2D eigenvalue weighted by molar-refractivity contribution is -0.141. The van der Waals surface area contributed by atoms with Gasteiger partial charge in [0.25, 0.3) is 0 Å². The van der Waals surface area contributed by atoms with E-state index in [1.165, 1.54) is 31.5 Å². The number of pyridine rings is 1. The number of halogens is 3. The van der Waals surface area contributed by atoms with Crippen molar-refractivity contribution < 1.29 is 13.2 Å². The van der Waals surface area contributed by atoms with Crippen LogP contribution in [0.25, 0.3) is 0 Å². The van der Waals surface area contributed by atoms with E-state index >= 15 is 0 Å². The number of nitrogens with one attached hydrogen (secondary N) is 1. The minimum absolute atomic E-state index is 0.345. The van der Waals surface area contributed by atoms with Gasteiger partial charge in [0, 0.05) is 6.04 Å². The van der Waals surface area contributed by atoms with Crippen LogP contribution in [0.4, 0.5) is 18.9 Å².